The van der Waals surface area contributed by atoms with E-state index in [1.165, 1.54) is 17.7 Å². The molecule has 0 radical (unpaired) electrons. The highest BCUT2D eigenvalue weighted by molar-refractivity contribution is 5.35. The third-order valence-corrected chi connectivity index (χ3v) is 3.39. The van der Waals surface area contributed by atoms with Gasteiger partial charge in [0.15, 0.2) is 0 Å². The Hall–Kier alpha value is -1.87. The molecule has 0 saturated carbocycles. The summed E-state index contributed by atoms with van der Waals surface area (Å²) in [5.41, 5.74) is 9.02. The summed E-state index contributed by atoms with van der Waals surface area (Å²) in [7, 11) is 0. The van der Waals surface area contributed by atoms with Crippen LogP contribution in [0.15, 0.2) is 42.5 Å². The van der Waals surface area contributed by atoms with Crippen LogP contribution in [-0.4, -0.2) is 6.04 Å². The molecule has 21 heavy (non-hydrogen) atoms. The molecular weight excluding hydrogens is 265 g/mol. The molecule has 0 heterocycles. The summed E-state index contributed by atoms with van der Waals surface area (Å²) in [5.74, 6) is 0.443. The van der Waals surface area contributed by atoms with Crippen molar-refractivity contribution in [2.75, 3.05) is 0 Å². The number of aryl methyl sites for hydroxylation is 1. The van der Waals surface area contributed by atoms with Gasteiger partial charge in [0.1, 0.15) is 18.2 Å². The standard InChI is InChI=1S/C18H22FNO/c1-3-14-4-6-15(7-5-14)12-21-18-9-8-17(19)11-16(18)10-13(2)20/h4-9,11,13H,3,10,12,20H2,1-2H3. The average Bonchev–Trinajstić information content (AvgIpc) is 2.46. The van der Waals surface area contributed by atoms with Crippen LogP contribution in [0.1, 0.15) is 30.5 Å². The number of rotatable bonds is 6. The van der Waals surface area contributed by atoms with E-state index in [0.717, 1.165) is 17.5 Å². The predicted octanol–water partition coefficient (Wildman–Crippen LogP) is 3.86. The van der Waals surface area contributed by atoms with Gasteiger partial charge in [-0.1, -0.05) is 31.2 Å². The van der Waals surface area contributed by atoms with Crippen molar-refractivity contribution in [1.82, 2.24) is 0 Å². The molecule has 2 nitrogen and oxygen atoms in total. The molecule has 0 aliphatic rings. The van der Waals surface area contributed by atoms with Gasteiger partial charge in [-0.2, -0.15) is 0 Å². The molecule has 0 spiro atoms. The van der Waals surface area contributed by atoms with Gasteiger partial charge < -0.3 is 10.5 Å². The van der Waals surface area contributed by atoms with Crippen LogP contribution in [-0.2, 0) is 19.4 Å². The summed E-state index contributed by atoms with van der Waals surface area (Å²) in [5, 5.41) is 0. The molecule has 1 unspecified atom stereocenters. The van der Waals surface area contributed by atoms with Gasteiger partial charge in [0.2, 0.25) is 0 Å². The van der Waals surface area contributed by atoms with Crippen molar-refractivity contribution >= 4 is 0 Å². The lowest BCUT2D eigenvalue weighted by molar-refractivity contribution is 0.302. The molecule has 2 aromatic carbocycles. The van der Waals surface area contributed by atoms with E-state index < -0.39 is 0 Å². The summed E-state index contributed by atoms with van der Waals surface area (Å²) >= 11 is 0. The minimum atomic E-state index is -0.259. The van der Waals surface area contributed by atoms with Crippen molar-refractivity contribution in [1.29, 1.82) is 0 Å². The van der Waals surface area contributed by atoms with Crippen molar-refractivity contribution in [3.8, 4) is 5.75 Å². The predicted molar refractivity (Wildman–Crippen MR) is 83.9 cm³/mol. The van der Waals surface area contributed by atoms with Gasteiger partial charge in [0.05, 0.1) is 0 Å². The van der Waals surface area contributed by atoms with E-state index in [2.05, 4.69) is 31.2 Å². The van der Waals surface area contributed by atoms with Crippen LogP contribution in [0.3, 0.4) is 0 Å². The normalized spacial score (nSPS) is 12.2. The van der Waals surface area contributed by atoms with Gasteiger partial charge >= 0.3 is 0 Å². The topological polar surface area (TPSA) is 35.2 Å². The summed E-state index contributed by atoms with van der Waals surface area (Å²) < 4.78 is 19.2. The smallest absolute Gasteiger partial charge is 0.123 e. The molecule has 2 rings (SSSR count). The van der Waals surface area contributed by atoms with Crippen molar-refractivity contribution in [2.45, 2.75) is 39.3 Å². The first kappa shape index (κ1) is 15.5. The fourth-order valence-electron chi connectivity index (χ4n) is 2.23. The number of ether oxygens (including phenoxy) is 1. The third kappa shape index (κ3) is 4.57. The Morgan fingerprint density at radius 3 is 2.38 bits per heavy atom. The van der Waals surface area contributed by atoms with Crippen molar-refractivity contribution in [3.05, 3.63) is 65.0 Å². The fourth-order valence-corrected chi connectivity index (χ4v) is 2.23. The second kappa shape index (κ2) is 7.23. The molecule has 2 N–H and O–H groups in total. The molecule has 0 aliphatic carbocycles. The lowest BCUT2D eigenvalue weighted by Gasteiger charge is -2.13. The van der Waals surface area contributed by atoms with Gasteiger partial charge in [-0.15, -0.1) is 0 Å². The maximum Gasteiger partial charge on any atom is 0.123 e. The Labute approximate surface area is 125 Å². The first-order valence-electron chi connectivity index (χ1n) is 7.33. The van der Waals surface area contributed by atoms with Crippen molar-refractivity contribution in [3.63, 3.8) is 0 Å². The molecule has 2 aromatic rings. The van der Waals surface area contributed by atoms with Crippen LogP contribution in [0.5, 0.6) is 5.75 Å². The van der Waals surface area contributed by atoms with E-state index in [9.17, 15) is 4.39 Å². The fraction of sp³-hybridized carbons (Fsp3) is 0.333. The van der Waals surface area contributed by atoms with E-state index in [0.29, 0.717) is 18.8 Å². The molecule has 0 amide bonds. The number of hydrogen-bond donors (Lipinski definition) is 1. The zero-order chi connectivity index (χ0) is 15.2. The largest absolute Gasteiger partial charge is 0.489 e. The quantitative estimate of drug-likeness (QED) is 0.875. The maximum atomic E-state index is 13.3. The molecule has 3 heteroatoms. The van der Waals surface area contributed by atoms with Gasteiger partial charge in [-0.05, 0) is 54.7 Å². The zero-order valence-corrected chi connectivity index (χ0v) is 12.6. The Kier molecular flexibility index (Phi) is 5.34. The lowest BCUT2D eigenvalue weighted by Crippen LogP contribution is -2.18. The highest BCUT2D eigenvalue weighted by Crippen LogP contribution is 2.22. The molecule has 112 valence electrons. The van der Waals surface area contributed by atoms with E-state index in [4.69, 9.17) is 10.5 Å². The van der Waals surface area contributed by atoms with Gasteiger partial charge in [-0.25, -0.2) is 4.39 Å². The molecule has 0 aliphatic heterocycles. The first-order chi connectivity index (χ1) is 10.1. The Morgan fingerprint density at radius 2 is 1.76 bits per heavy atom. The second-order valence-corrected chi connectivity index (χ2v) is 5.39. The van der Waals surface area contributed by atoms with Gasteiger partial charge in [-0.3, -0.25) is 0 Å². The average molecular weight is 287 g/mol. The van der Waals surface area contributed by atoms with Crippen LogP contribution >= 0.6 is 0 Å². The van der Waals surface area contributed by atoms with Gasteiger partial charge in [0.25, 0.3) is 0 Å². The summed E-state index contributed by atoms with van der Waals surface area (Å²) in [6.45, 7) is 4.50. The molecule has 0 aromatic heterocycles. The molecule has 0 fully saturated rings. The van der Waals surface area contributed by atoms with E-state index in [1.807, 2.05) is 6.92 Å². The summed E-state index contributed by atoms with van der Waals surface area (Å²) in [6.07, 6.45) is 1.62. The van der Waals surface area contributed by atoms with E-state index >= 15 is 0 Å². The number of hydrogen-bond acceptors (Lipinski definition) is 2. The lowest BCUT2D eigenvalue weighted by atomic mass is 10.1. The Morgan fingerprint density at radius 1 is 1.10 bits per heavy atom. The van der Waals surface area contributed by atoms with E-state index in [-0.39, 0.29) is 11.9 Å². The van der Waals surface area contributed by atoms with Crippen LogP contribution < -0.4 is 10.5 Å². The van der Waals surface area contributed by atoms with Crippen molar-refractivity contribution < 1.29 is 9.13 Å². The summed E-state index contributed by atoms with van der Waals surface area (Å²) in [6, 6.07) is 12.9. The highest BCUT2D eigenvalue weighted by Gasteiger charge is 2.08. The summed E-state index contributed by atoms with van der Waals surface area (Å²) in [4.78, 5) is 0. The highest BCUT2D eigenvalue weighted by atomic mass is 19.1. The van der Waals surface area contributed by atoms with Crippen molar-refractivity contribution in [2.24, 2.45) is 5.73 Å². The van der Waals surface area contributed by atoms with Crippen LogP contribution in [0.4, 0.5) is 4.39 Å². The minimum Gasteiger partial charge on any atom is -0.489 e. The zero-order valence-electron chi connectivity index (χ0n) is 12.6. The monoisotopic (exact) mass is 287 g/mol. The van der Waals surface area contributed by atoms with Crippen LogP contribution in [0, 0.1) is 5.82 Å². The maximum absolute atomic E-state index is 13.3. The number of halogens is 1. The second-order valence-electron chi connectivity index (χ2n) is 5.39. The third-order valence-electron chi connectivity index (χ3n) is 3.39. The SMILES string of the molecule is CCc1ccc(COc2ccc(F)cc2CC(C)N)cc1. The minimum absolute atomic E-state index is 0.0296. The molecule has 0 bridgehead atoms. The molecule has 0 saturated heterocycles. The molecule has 1 atom stereocenters. The number of benzene rings is 2. The van der Waals surface area contributed by atoms with E-state index in [1.54, 1.807) is 6.07 Å². The Bertz CT molecular complexity index is 578. The molecular formula is C18H22FNO. The van der Waals surface area contributed by atoms with Crippen LogP contribution in [0.25, 0.3) is 0 Å². The van der Waals surface area contributed by atoms with Crippen LogP contribution in [0.2, 0.25) is 0 Å². The first-order valence-corrected chi connectivity index (χ1v) is 7.33. The van der Waals surface area contributed by atoms with Gasteiger partial charge in [0, 0.05) is 6.04 Å². The number of nitrogens with two attached hydrogens (primary N) is 1. The Balaban J connectivity index is 2.07.